The van der Waals surface area contributed by atoms with Crippen LogP contribution in [0.4, 0.5) is 0 Å². The zero-order chi connectivity index (χ0) is 14.2. The zero-order valence-corrected chi connectivity index (χ0v) is 13.6. The Bertz CT molecular complexity index is 600. The lowest BCUT2D eigenvalue weighted by Gasteiger charge is -2.28. The second-order valence-corrected chi connectivity index (χ2v) is 6.53. The van der Waals surface area contributed by atoms with Crippen molar-refractivity contribution in [3.8, 4) is 0 Å². The van der Waals surface area contributed by atoms with E-state index in [9.17, 15) is 0 Å². The standard InChI is InChI=1S/C16H17BrClN/c1-10-6-11(2)8-12(7-10)16(3,19)14-5-4-13(17)9-15(14)18/h4-9H,19H2,1-3H3. The molecule has 0 heterocycles. The second kappa shape index (κ2) is 5.28. The predicted molar refractivity (Wildman–Crippen MR) is 85.7 cm³/mol. The van der Waals surface area contributed by atoms with Crippen LogP contribution in [-0.2, 0) is 5.54 Å². The summed E-state index contributed by atoms with van der Waals surface area (Å²) in [5.41, 5.74) is 10.4. The molecule has 0 saturated carbocycles. The van der Waals surface area contributed by atoms with Gasteiger partial charge in [0.2, 0.25) is 0 Å². The van der Waals surface area contributed by atoms with Crippen LogP contribution in [-0.4, -0.2) is 0 Å². The summed E-state index contributed by atoms with van der Waals surface area (Å²) >= 11 is 9.75. The fourth-order valence-corrected chi connectivity index (χ4v) is 3.21. The van der Waals surface area contributed by atoms with Crippen molar-refractivity contribution in [1.29, 1.82) is 0 Å². The Balaban J connectivity index is 2.57. The van der Waals surface area contributed by atoms with Crippen molar-refractivity contribution in [1.82, 2.24) is 0 Å². The van der Waals surface area contributed by atoms with Crippen LogP contribution in [0.3, 0.4) is 0 Å². The van der Waals surface area contributed by atoms with Gasteiger partial charge in [-0.15, -0.1) is 0 Å². The smallest absolute Gasteiger partial charge is 0.0651 e. The van der Waals surface area contributed by atoms with E-state index >= 15 is 0 Å². The molecule has 2 aromatic carbocycles. The van der Waals surface area contributed by atoms with Gasteiger partial charge in [0.15, 0.2) is 0 Å². The molecule has 0 spiro atoms. The van der Waals surface area contributed by atoms with Gasteiger partial charge >= 0.3 is 0 Å². The predicted octanol–water partition coefficient (Wildman–Crippen LogP) is 4.94. The number of hydrogen-bond donors (Lipinski definition) is 1. The van der Waals surface area contributed by atoms with Crippen LogP contribution in [0.2, 0.25) is 5.02 Å². The quantitative estimate of drug-likeness (QED) is 0.824. The van der Waals surface area contributed by atoms with Gasteiger partial charge in [-0.05, 0) is 44.0 Å². The molecule has 3 heteroatoms. The van der Waals surface area contributed by atoms with Gasteiger partial charge in [-0.1, -0.05) is 62.9 Å². The molecule has 0 aliphatic rings. The molecule has 1 nitrogen and oxygen atoms in total. The van der Waals surface area contributed by atoms with E-state index in [2.05, 4.69) is 48.0 Å². The van der Waals surface area contributed by atoms with E-state index in [1.165, 1.54) is 11.1 Å². The summed E-state index contributed by atoms with van der Waals surface area (Å²) in [5, 5.41) is 0.679. The van der Waals surface area contributed by atoms with Crippen molar-refractivity contribution in [2.45, 2.75) is 26.3 Å². The molecule has 0 aliphatic carbocycles. The highest BCUT2D eigenvalue weighted by atomic mass is 79.9. The van der Waals surface area contributed by atoms with Crippen molar-refractivity contribution >= 4 is 27.5 Å². The highest BCUT2D eigenvalue weighted by Crippen LogP contribution is 2.34. The lowest BCUT2D eigenvalue weighted by Crippen LogP contribution is -2.34. The lowest BCUT2D eigenvalue weighted by molar-refractivity contribution is 0.602. The molecule has 0 radical (unpaired) electrons. The van der Waals surface area contributed by atoms with Gasteiger partial charge in [-0.25, -0.2) is 0 Å². The van der Waals surface area contributed by atoms with E-state index in [1.807, 2.05) is 25.1 Å². The summed E-state index contributed by atoms with van der Waals surface area (Å²) in [6.45, 7) is 6.15. The van der Waals surface area contributed by atoms with Crippen LogP contribution in [0.5, 0.6) is 0 Å². The first-order valence-corrected chi connectivity index (χ1v) is 7.31. The van der Waals surface area contributed by atoms with Crippen LogP contribution >= 0.6 is 27.5 Å². The van der Waals surface area contributed by atoms with Gasteiger partial charge in [0.05, 0.1) is 5.54 Å². The first kappa shape index (κ1) is 14.6. The van der Waals surface area contributed by atoms with E-state index in [-0.39, 0.29) is 0 Å². The maximum absolute atomic E-state index is 6.55. The summed E-state index contributed by atoms with van der Waals surface area (Å²) in [7, 11) is 0. The Kier molecular flexibility index (Phi) is 4.05. The van der Waals surface area contributed by atoms with Crippen LogP contribution in [0.1, 0.15) is 29.2 Å². The minimum absolute atomic E-state index is 0.603. The minimum atomic E-state index is -0.603. The van der Waals surface area contributed by atoms with Gasteiger partial charge in [-0.2, -0.15) is 0 Å². The van der Waals surface area contributed by atoms with Crippen molar-refractivity contribution in [2.24, 2.45) is 5.73 Å². The van der Waals surface area contributed by atoms with E-state index in [1.54, 1.807) is 0 Å². The molecule has 0 bridgehead atoms. The van der Waals surface area contributed by atoms with E-state index in [0.29, 0.717) is 5.02 Å². The first-order chi connectivity index (χ1) is 8.80. The van der Waals surface area contributed by atoms with Crippen molar-refractivity contribution in [3.63, 3.8) is 0 Å². The Morgan fingerprint density at radius 3 is 2.16 bits per heavy atom. The molecular weight excluding hydrogens is 322 g/mol. The van der Waals surface area contributed by atoms with Crippen LogP contribution in [0.25, 0.3) is 0 Å². The van der Waals surface area contributed by atoms with E-state index < -0.39 is 5.54 Å². The highest BCUT2D eigenvalue weighted by molar-refractivity contribution is 9.10. The molecule has 0 amide bonds. The Hall–Kier alpha value is -0.830. The monoisotopic (exact) mass is 337 g/mol. The summed E-state index contributed by atoms with van der Waals surface area (Å²) in [4.78, 5) is 0. The third kappa shape index (κ3) is 3.02. The Morgan fingerprint density at radius 1 is 1.05 bits per heavy atom. The van der Waals surface area contributed by atoms with Gasteiger partial charge in [0.25, 0.3) is 0 Å². The molecule has 0 fully saturated rings. The zero-order valence-electron chi connectivity index (χ0n) is 11.3. The fraction of sp³-hybridized carbons (Fsp3) is 0.250. The van der Waals surface area contributed by atoms with Crippen LogP contribution < -0.4 is 5.73 Å². The van der Waals surface area contributed by atoms with E-state index in [4.69, 9.17) is 17.3 Å². The average molecular weight is 339 g/mol. The molecular formula is C16H17BrClN. The van der Waals surface area contributed by atoms with Gasteiger partial charge in [-0.3, -0.25) is 0 Å². The third-order valence-corrected chi connectivity index (χ3v) is 4.12. The minimum Gasteiger partial charge on any atom is -0.318 e. The maximum Gasteiger partial charge on any atom is 0.0651 e. The highest BCUT2D eigenvalue weighted by Gasteiger charge is 2.26. The van der Waals surface area contributed by atoms with Crippen LogP contribution in [0.15, 0.2) is 40.9 Å². The first-order valence-electron chi connectivity index (χ1n) is 6.14. The number of aryl methyl sites for hydroxylation is 2. The molecule has 1 unspecified atom stereocenters. The number of benzene rings is 2. The van der Waals surface area contributed by atoms with Crippen molar-refractivity contribution in [2.75, 3.05) is 0 Å². The second-order valence-electron chi connectivity index (χ2n) is 5.20. The molecule has 0 aliphatic heterocycles. The number of hydrogen-bond acceptors (Lipinski definition) is 1. The molecule has 2 aromatic rings. The summed E-state index contributed by atoms with van der Waals surface area (Å²) in [5.74, 6) is 0. The molecule has 0 aromatic heterocycles. The number of nitrogens with two attached hydrogens (primary N) is 1. The van der Waals surface area contributed by atoms with E-state index in [0.717, 1.165) is 15.6 Å². The van der Waals surface area contributed by atoms with Gasteiger partial charge in [0.1, 0.15) is 0 Å². The summed E-state index contributed by atoms with van der Waals surface area (Å²) in [6, 6.07) is 12.2. The normalized spacial score (nSPS) is 14.2. The SMILES string of the molecule is Cc1cc(C)cc(C(C)(N)c2ccc(Br)cc2Cl)c1. The maximum atomic E-state index is 6.55. The molecule has 2 rings (SSSR count). The van der Waals surface area contributed by atoms with Crippen molar-refractivity contribution in [3.05, 3.63) is 68.1 Å². The largest absolute Gasteiger partial charge is 0.318 e. The third-order valence-electron chi connectivity index (χ3n) is 3.31. The fourth-order valence-electron chi connectivity index (χ4n) is 2.34. The van der Waals surface area contributed by atoms with Crippen molar-refractivity contribution < 1.29 is 0 Å². The topological polar surface area (TPSA) is 26.0 Å². The number of halogens is 2. The molecule has 2 N–H and O–H groups in total. The Labute approximate surface area is 127 Å². The summed E-state index contributed by atoms with van der Waals surface area (Å²) < 4.78 is 0.956. The average Bonchev–Trinajstić information content (AvgIpc) is 2.26. The molecule has 19 heavy (non-hydrogen) atoms. The van der Waals surface area contributed by atoms with Gasteiger partial charge in [0, 0.05) is 9.50 Å². The summed E-state index contributed by atoms with van der Waals surface area (Å²) in [6.07, 6.45) is 0. The number of rotatable bonds is 2. The molecule has 1 atom stereocenters. The molecule has 0 saturated heterocycles. The van der Waals surface area contributed by atoms with Crippen LogP contribution in [0, 0.1) is 13.8 Å². The lowest BCUT2D eigenvalue weighted by atomic mass is 9.84. The van der Waals surface area contributed by atoms with Gasteiger partial charge < -0.3 is 5.73 Å². The Morgan fingerprint density at radius 2 is 1.63 bits per heavy atom. The molecule has 100 valence electrons.